The van der Waals surface area contributed by atoms with Gasteiger partial charge in [0.05, 0.1) is 6.42 Å². The van der Waals surface area contributed by atoms with E-state index in [0.29, 0.717) is 37.7 Å². The lowest BCUT2D eigenvalue weighted by molar-refractivity contribution is -0.142. The van der Waals surface area contributed by atoms with Crippen molar-refractivity contribution in [2.75, 3.05) is 31.9 Å². The third-order valence-electron chi connectivity index (χ3n) is 13.9. The number of primary amides is 1. The number of amides is 9. The number of nitrogens with two attached hydrogens (primary N) is 4. The third-order valence-corrected chi connectivity index (χ3v) is 17.2. The summed E-state index contributed by atoms with van der Waals surface area (Å²) in [5.74, 6) is -6.91. The van der Waals surface area contributed by atoms with Gasteiger partial charge in [-0.15, -0.1) is 0 Å². The molecule has 8 atom stereocenters. The van der Waals surface area contributed by atoms with Gasteiger partial charge in [-0.2, -0.15) is 0 Å². The molecule has 2 saturated heterocycles. The molecule has 0 radical (unpaired) electrons. The van der Waals surface area contributed by atoms with Gasteiger partial charge >= 0.3 is 0 Å². The normalized spacial score (nSPS) is 23.8. The Labute approximate surface area is 452 Å². The number of benzene rings is 2. The Morgan fingerprint density at radius 1 is 0.789 bits per heavy atom. The molecule has 2 aliphatic heterocycles. The summed E-state index contributed by atoms with van der Waals surface area (Å²) in [7, 11) is 2.66. The zero-order chi connectivity index (χ0) is 55.2. The van der Waals surface area contributed by atoms with E-state index in [1.54, 1.807) is 38.1 Å². The van der Waals surface area contributed by atoms with Gasteiger partial charge in [0.2, 0.25) is 53.2 Å². The van der Waals surface area contributed by atoms with Crippen molar-refractivity contribution in [1.29, 1.82) is 0 Å². The Balaban J connectivity index is 1.52. The van der Waals surface area contributed by atoms with E-state index in [1.165, 1.54) is 26.5 Å². The lowest BCUT2D eigenvalue weighted by atomic mass is 9.85. The number of hydrogen-bond donors (Lipinski definition) is 11. The monoisotopic (exact) mass is 1090 g/mol. The van der Waals surface area contributed by atoms with E-state index in [4.69, 9.17) is 22.9 Å². The average molecular weight is 1090 g/mol. The Morgan fingerprint density at radius 3 is 2.00 bits per heavy atom. The second kappa shape index (κ2) is 30.4. The largest absolute Gasteiger partial charge is 0.370 e. The van der Waals surface area contributed by atoms with Crippen LogP contribution < -0.4 is 60.2 Å². The van der Waals surface area contributed by atoms with Crippen LogP contribution in [-0.2, 0) is 56.0 Å². The van der Waals surface area contributed by atoms with Gasteiger partial charge in [0.25, 0.3) is 0 Å². The molecule has 76 heavy (non-hydrogen) atoms. The molecule has 3 fully saturated rings. The minimum atomic E-state index is -1.62. The van der Waals surface area contributed by atoms with Gasteiger partial charge in [-0.3, -0.25) is 48.1 Å². The molecule has 2 aromatic rings. The van der Waals surface area contributed by atoms with Crippen molar-refractivity contribution in [3.63, 3.8) is 0 Å². The summed E-state index contributed by atoms with van der Waals surface area (Å²) in [4.78, 5) is 133. The van der Waals surface area contributed by atoms with Crippen LogP contribution >= 0.6 is 21.6 Å². The minimum absolute atomic E-state index is 0.00575. The van der Waals surface area contributed by atoms with Gasteiger partial charge in [-0.1, -0.05) is 122 Å². The van der Waals surface area contributed by atoms with Gasteiger partial charge in [-0.05, 0) is 55.6 Å². The summed E-state index contributed by atoms with van der Waals surface area (Å²) >= 11 is 0. The Morgan fingerprint density at radius 2 is 1.39 bits per heavy atom. The second-order valence-corrected chi connectivity index (χ2v) is 22.6. The highest BCUT2D eigenvalue weighted by molar-refractivity contribution is 8.77. The maximum Gasteiger partial charge on any atom is 0.246 e. The van der Waals surface area contributed by atoms with E-state index < -0.39 is 113 Å². The fraction of sp³-hybridized carbons (Fsp3) is 0.577. The van der Waals surface area contributed by atoms with Crippen molar-refractivity contribution < 1.29 is 43.2 Å². The molecule has 9 amide bonds. The van der Waals surface area contributed by atoms with Crippen molar-refractivity contribution in [3.05, 3.63) is 71.8 Å². The van der Waals surface area contributed by atoms with Crippen molar-refractivity contribution in [2.24, 2.45) is 33.8 Å². The van der Waals surface area contributed by atoms with Gasteiger partial charge in [0.15, 0.2) is 5.96 Å². The van der Waals surface area contributed by atoms with Gasteiger partial charge in [0.1, 0.15) is 42.3 Å². The van der Waals surface area contributed by atoms with Crippen LogP contribution in [0.4, 0.5) is 0 Å². The number of nitrogens with one attached hydrogen (secondary N) is 7. The number of guanidine groups is 1. The first-order chi connectivity index (χ1) is 36.4. The van der Waals surface area contributed by atoms with Crippen LogP contribution in [0, 0.1) is 5.92 Å². The number of rotatable bonds is 18. The molecular formula is C52H77N13O9S2. The molecule has 1 aliphatic carbocycles. The van der Waals surface area contributed by atoms with Crippen molar-refractivity contribution in [2.45, 2.75) is 151 Å². The van der Waals surface area contributed by atoms with Crippen molar-refractivity contribution in [1.82, 2.24) is 42.1 Å². The summed E-state index contributed by atoms with van der Waals surface area (Å²) in [6.07, 6.45) is 4.78. The number of carbonyl (C=O) groups excluding carboxylic acids is 9. The number of hydrogen-bond acceptors (Lipinski definition) is 13. The summed E-state index contributed by atoms with van der Waals surface area (Å²) in [6, 6.07) is 9.46. The molecule has 24 heteroatoms. The Bertz CT molecular complexity index is 2340. The smallest absolute Gasteiger partial charge is 0.246 e. The maximum absolute atomic E-state index is 14.9. The Hall–Kier alpha value is -6.40. The van der Waals surface area contributed by atoms with Crippen molar-refractivity contribution in [3.8, 4) is 0 Å². The number of nitrogens with zero attached hydrogens (tertiary/aromatic N) is 2. The highest BCUT2D eigenvalue weighted by atomic mass is 33.1. The molecule has 1 spiro atoms. The number of carbonyl (C=O) groups is 9. The molecule has 0 aromatic heterocycles. The second-order valence-electron chi connectivity index (χ2n) is 19.8. The highest BCUT2D eigenvalue weighted by Crippen LogP contribution is 2.48. The standard InChI is InChI=1S/C52H77N13O9S2/c1-3-32(2)43-49(73)62-38(29-41(54)66)46(70)63-39(50(74)65-26-14-20-40(65)48(72)60-35(44(68)57-25-23-53)19-13-24-58-51(55)56)31-75-76-52(21-11-6-12-22-52)30-42(67)59-36(27-33-15-7-4-8-16-33)45(69)61-37(47(71)64-43)28-34-17-9-5-10-18-34/h4-5,7-10,15-18,32,35-40,43H,3,6,11-14,19-31,53H2,1-2H3,(H2,54,66)(H,57,68)(H,59,67)(H,60,72)(H,61,69)(H,62,73)(H,63,70)(H,64,71)(H4,55,56,58)/t32-,35-,36+,37-,38-,39-,40-,43-/m0/s1. The maximum atomic E-state index is 14.9. The summed E-state index contributed by atoms with van der Waals surface area (Å²) < 4.78 is -0.668. The molecule has 5 rings (SSSR count). The molecule has 0 bridgehead atoms. The van der Waals surface area contributed by atoms with Crippen LogP contribution in [0.25, 0.3) is 0 Å². The number of aliphatic imine (C=N–C) groups is 1. The van der Waals surface area contributed by atoms with Gasteiger partial charge in [0, 0.05) is 55.9 Å². The predicted molar refractivity (Wildman–Crippen MR) is 292 cm³/mol. The summed E-state index contributed by atoms with van der Waals surface area (Å²) in [5.41, 5.74) is 23.7. The van der Waals surface area contributed by atoms with E-state index in [9.17, 15) is 43.2 Å². The zero-order valence-corrected chi connectivity index (χ0v) is 45.2. The lowest BCUT2D eigenvalue weighted by Gasteiger charge is -2.37. The fourth-order valence-corrected chi connectivity index (χ4v) is 12.9. The van der Waals surface area contributed by atoms with Crippen LogP contribution in [0.3, 0.4) is 0 Å². The first-order valence-electron chi connectivity index (χ1n) is 26.2. The summed E-state index contributed by atoms with van der Waals surface area (Å²) in [5, 5.41) is 19.6. The van der Waals surface area contributed by atoms with E-state index in [1.807, 2.05) is 36.4 Å². The third kappa shape index (κ3) is 18.7. The van der Waals surface area contributed by atoms with Crippen LogP contribution in [-0.4, -0.2) is 143 Å². The average Bonchev–Trinajstić information content (AvgIpc) is 3.90. The van der Waals surface area contributed by atoms with Crippen molar-refractivity contribution >= 4 is 80.7 Å². The van der Waals surface area contributed by atoms with E-state index in [2.05, 4.69) is 42.2 Å². The SMILES string of the molecule is CC[C@H](C)[C@@H]1NC(=O)[C@H](Cc2ccccc2)NC(=O)[C@@H](Cc2ccccc2)NC(=O)CC2(CCCCC2)SSC[C@@H](C(=O)N2CCC[C@H]2C(=O)N[C@@H](CCCN=C(N)N)C(=O)NCCN)NC(=O)[C@H](CC(N)=O)NC1=O. The zero-order valence-electron chi connectivity index (χ0n) is 43.5. The molecule has 416 valence electrons. The van der Waals surface area contributed by atoms with Crippen LogP contribution in [0.2, 0.25) is 0 Å². The molecule has 1 saturated carbocycles. The molecule has 2 aromatic carbocycles. The van der Waals surface area contributed by atoms with Crippen LogP contribution in [0.1, 0.15) is 102 Å². The quantitative estimate of drug-likeness (QED) is 0.0403. The first kappa shape index (κ1) is 60.5. The Kier molecular flexibility index (Phi) is 24.2. The number of likely N-dealkylation sites (tertiary alicyclic amines) is 1. The molecular weight excluding hydrogens is 1010 g/mol. The van der Waals surface area contributed by atoms with Gasteiger partial charge in [-0.25, -0.2) is 0 Å². The topological polar surface area (TPSA) is 358 Å². The first-order valence-corrected chi connectivity index (χ1v) is 28.6. The fourth-order valence-electron chi connectivity index (χ4n) is 9.58. The van der Waals surface area contributed by atoms with Crippen LogP contribution in [0.5, 0.6) is 0 Å². The molecule has 3 aliphatic rings. The summed E-state index contributed by atoms with van der Waals surface area (Å²) in [6.45, 7) is 4.15. The molecule has 15 N–H and O–H groups in total. The predicted octanol–water partition coefficient (Wildman–Crippen LogP) is -0.0904. The molecule has 22 nitrogen and oxygen atoms in total. The van der Waals surface area contributed by atoms with E-state index in [0.717, 1.165) is 24.8 Å². The minimum Gasteiger partial charge on any atom is -0.370 e. The lowest BCUT2D eigenvalue weighted by Crippen LogP contribution is -2.62. The van der Waals surface area contributed by atoms with E-state index in [-0.39, 0.29) is 70.0 Å². The van der Waals surface area contributed by atoms with E-state index >= 15 is 0 Å². The van der Waals surface area contributed by atoms with Crippen LogP contribution in [0.15, 0.2) is 65.7 Å². The molecule has 0 unspecified atom stereocenters. The highest BCUT2D eigenvalue weighted by Gasteiger charge is 2.42. The van der Waals surface area contributed by atoms with Gasteiger partial charge < -0.3 is 65.1 Å². The molecule has 2 heterocycles.